The zero-order valence-corrected chi connectivity index (χ0v) is 9.68. The normalized spacial score (nSPS) is 13.0. The summed E-state index contributed by atoms with van der Waals surface area (Å²) in [6, 6.07) is 8.49. The molecule has 0 N–H and O–H groups in total. The molecule has 2 aromatic rings. The molecule has 0 amide bonds. The topological polar surface area (TPSA) is 0 Å². The van der Waals surface area contributed by atoms with Crippen molar-refractivity contribution in [1.82, 2.24) is 0 Å². The van der Waals surface area contributed by atoms with Crippen molar-refractivity contribution >= 4 is 34.1 Å². The van der Waals surface area contributed by atoms with Gasteiger partial charge in [-0.15, -0.1) is 11.3 Å². The molecule has 0 radical (unpaired) electrons. The van der Waals surface area contributed by atoms with E-state index in [1.165, 1.54) is 19.8 Å². The Morgan fingerprint density at radius 1 is 1.33 bits per heavy atom. The molecule has 2 rings (SSSR count). The fourth-order valence-corrected chi connectivity index (χ4v) is 2.67. The summed E-state index contributed by atoms with van der Waals surface area (Å²) in [5.74, 6) is 0. The SMILES string of the molecule is C=c1sc2ccccc2c1=CCC=CC. The largest absolute Gasteiger partial charge is 0.136 e. The predicted molar refractivity (Wildman–Crippen MR) is 70.5 cm³/mol. The Morgan fingerprint density at radius 2 is 2.13 bits per heavy atom. The van der Waals surface area contributed by atoms with E-state index in [0.717, 1.165) is 6.42 Å². The first-order valence-corrected chi connectivity index (χ1v) is 5.92. The van der Waals surface area contributed by atoms with E-state index < -0.39 is 0 Å². The third-order valence-electron chi connectivity index (χ3n) is 2.40. The summed E-state index contributed by atoms with van der Waals surface area (Å²) >= 11 is 1.77. The van der Waals surface area contributed by atoms with Crippen LogP contribution in [-0.4, -0.2) is 0 Å². The molecule has 1 heteroatoms. The monoisotopic (exact) mass is 214 g/mol. The summed E-state index contributed by atoms with van der Waals surface area (Å²) in [6.45, 7) is 6.15. The van der Waals surface area contributed by atoms with Crippen molar-refractivity contribution in [2.24, 2.45) is 0 Å². The lowest BCUT2D eigenvalue weighted by molar-refractivity contribution is 1.45. The van der Waals surface area contributed by atoms with Gasteiger partial charge in [0.25, 0.3) is 0 Å². The standard InChI is InChI=1S/C14H14S/c1-3-4-5-8-12-11(2)15-14-10-7-6-9-13(12)14/h3-4,6-10H,2,5H2,1H3. The Hall–Kier alpha value is -1.34. The van der Waals surface area contributed by atoms with E-state index in [1.54, 1.807) is 11.3 Å². The first-order valence-electron chi connectivity index (χ1n) is 5.11. The highest BCUT2D eigenvalue weighted by Crippen LogP contribution is 2.11. The van der Waals surface area contributed by atoms with Crippen LogP contribution >= 0.6 is 11.3 Å². The van der Waals surface area contributed by atoms with Crippen molar-refractivity contribution in [3.63, 3.8) is 0 Å². The van der Waals surface area contributed by atoms with Crippen molar-refractivity contribution in [2.75, 3.05) is 0 Å². The number of allylic oxidation sites excluding steroid dienone is 2. The van der Waals surface area contributed by atoms with Gasteiger partial charge in [0.15, 0.2) is 0 Å². The van der Waals surface area contributed by atoms with E-state index in [9.17, 15) is 0 Å². The van der Waals surface area contributed by atoms with Gasteiger partial charge < -0.3 is 0 Å². The van der Waals surface area contributed by atoms with Gasteiger partial charge in [-0.2, -0.15) is 0 Å². The molecule has 0 nitrogen and oxygen atoms in total. The summed E-state index contributed by atoms with van der Waals surface area (Å²) in [5.41, 5.74) is 0. The summed E-state index contributed by atoms with van der Waals surface area (Å²) < 4.78 is 2.50. The van der Waals surface area contributed by atoms with Crippen LogP contribution < -0.4 is 9.75 Å². The van der Waals surface area contributed by atoms with Gasteiger partial charge in [-0.3, -0.25) is 0 Å². The Balaban J connectivity index is 2.64. The molecule has 1 aromatic heterocycles. The van der Waals surface area contributed by atoms with Crippen molar-refractivity contribution in [3.8, 4) is 0 Å². The molecule has 0 atom stereocenters. The van der Waals surface area contributed by atoms with Gasteiger partial charge >= 0.3 is 0 Å². The second-order valence-corrected chi connectivity index (χ2v) is 4.58. The van der Waals surface area contributed by atoms with Crippen LogP contribution in [0.1, 0.15) is 13.3 Å². The number of rotatable bonds is 2. The molecule has 0 saturated heterocycles. The van der Waals surface area contributed by atoms with Gasteiger partial charge in [0.05, 0.1) is 0 Å². The summed E-state index contributed by atoms with van der Waals surface area (Å²) in [5, 5.41) is 2.63. The molecule has 1 aromatic carbocycles. The van der Waals surface area contributed by atoms with Crippen molar-refractivity contribution in [2.45, 2.75) is 13.3 Å². The first-order chi connectivity index (χ1) is 7.33. The molecule has 0 aliphatic rings. The zero-order valence-electron chi connectivity index (χ0n) is 8.86. The second-order valence-electron chi connectivity index (χ2n) is 3.44. The Kier molecular flexibility index (Phi) is 3.02. The molecule has 15 heavy (non-hydrogen) atoms. The molecule has 0 fully saturated rings. The minimum absolute atomic E-state index is 0.986. The minimum atomic E-state index is 0.986. The Morgan fingerprint density at radius 3 is 2.93 bits per heavy atom. The lowest BCUT2D eigenvalue weighted by atomic mass is 10.2. The summed E-state index contributed by atoms with van der Waals surface area (Å²) in [4.78, 5) is 0. The van der Waals surface area contributed by atoms with Gasteiger partial charge in [0.1, 0.15) is 0 Å². The van der Waals surface area contributed by atoms with Gasteiger partial charge in [0, 0.05) is 9.23 Å². The first kappa shape index (κ1) is 10.2. The molecule has 1 heterocycles. The highest BCUT2D eigenvalue weighted by Gasteiger charge is 1.97. The highest BCUT2D eigenvalue weighted by molar-refractivity contribution is 7.17. The van der Waals surface area contributed by atoms with Crippen LogP contribution in [0.2, 0.25) is 0 Å². The van der Waals surface area contributed by atoms with Crippen molar-refractivity contribution in [3.05, 3.63) is 46.2 Å². The molecular weight excluding hydrogens is 200 g/mol. The van der Waals surface area contributed by atoms with Crippen LogP contribution in [0.4, 0.5) is 0 Å². The highest BCUT2D eigenvalue weighted by atomic mass is 32.1. The van der Waals surface area contributed by atoms with E-state index >= 15 is 0 Å². The third-order valence-corrected chi connectivity index (χ3v) is 3.45. The quantitative estimate of drug-likeness (QED) is 0.674. The van der Waals surface area contributed by atoms with Crippen LogP contribution in [0.25, 0.3) is 22.7 Å². The molecule has 0 saturated carbocycles. The number of hydrogen-bond donors (Lipinski definition) is 0. The smallest absolute Gasteiger partial charge is 0.0355 e. The van der Waals surface area contributed by atoms with Crippen LogP contribution in [-0.2, 0) is 0 Å². The van der Waals surface area contributed by atoms with Gasteiger partial charge in [0.2, 0.25) is 0 Å². The number of fused-ring (bicyclic) bond motifs is 1. The van der Waals surface area contributed by atoms with Gasteiger partial charge in [-0.05, 0) is 30.0 Å². The van der Waals surface area contributed by atoms with Crippen LogP contribution in [0.15, 0.2) is 36.4 Å². The van der Waals surface area contributed by atoms with Crippen molar-refractivity contribution < 1.29 is 0 Å². The Labute approximate surface area is 93.9 Å². The fourth-order valence-electron chi connectivity index (χ4n) is 1.66. The summed E-state index contributed by atoms with van der Waals surface area (Å²) in [6.07, 6.45) is 7.47. The second kappa shape index (κ2) is 4.45. The van der Waals surface area contributed by atoms with Crippen molar-refractivity contribution in [1.29, 1.82) is 0 Å². The van der Waals surface area contributed by atoms with E-state index in [2.05, 4.69) is 49.1 Å². The molecular formula is C14H14S. The van der Waals surface area contributed by atoms with E-state index in [0.29, 0.717) is 0 Å². The molecule has 0 unspecified atom stereocenters. The maximum absolute atomic E-state index is 4.10. The molecule has 0 aliphatic heterocycles. The van der Waals surface area contributed by atoms with E-state index in [1.807, 2.05) is 6.92 Å². The zero-order chi connectivity index (χ0) is 10.7. The molecule has 0 aliphatic carbocycles. The number of thiophene rings is 1. The fraction of sp³-hybridized carbons (Fsp3) is 0.143. The predicted octanol–water partition coefficient (Wildman–Crippen LogP) is 3.06. The maximum Gasteiger partial charge on any atom is 0.0355 e. The van der Waals surface area contributed by atoms with Crippen LogP contribution in [0.3, 0.4) is 0 Å². The average Bonchev–Trinajstić information content (AvgIpc) is 2.56. The summed E-state index contributed by atoms with van der Waals surface area (Å²) in [7, 11) is 0. The average molecular weight is 214 g/mol. The van der Waals surface area contributed by atoms with Gasteiger partial charge in [-0.1, -0.05) is 43.0 Å². The van der Waals surface area contributed by atoms with Crippen LogP contribution in [0.5, 0.6) is 0 Å². The van der Waals surface area contributed by atoms with E-state index in [4.69, 9.17) is 0 Å². The third kappa shape index (κ3) is 2.02. The Bertz CT molecular complexity index is 587. The lowest BCUT2D eigenvalue weighted by Crippen LogP contribution is -2.16. The number of hydrogen-bond acceptors (Lipinski definition) is 1. The number of benzene rings is 1. The van der Waals surface area contributed by atoms with Crippen LogP contribution in [0, 0.1) is 0 Å². The molecule has 0 spiro atoms. The lowest BCUT2D eigenvalue weighted by Gasteiger charge is -1.86. The van der Waals surface area contributed by atoms with E-state index in [-0.39, 0.29) is 0 Å². The molecule has 0 bridgehead atoms. The maximum atomic E-state index is 4.10. The molecule has 76 valence electrons. The van der Waals surface area contributed by atoms with Gasteiger partial charge in [-0.25, -0.2) is 0 Å². The minimum Gasteiger partial charge on any atom is -0.136 e.